The molecule has 1 unspecified atom stereocenters. The van der Waals surface area contributed by atoms with Gasteiger partial charge < -0.3 is 35.5 Å². The predicted octanol–water partition coefficient (Wildman–Crippen LogP) is 4.10. The van der Waals surface area contributed by atoms with Crippen molar-refractivity contribution in [2.24, 2.45) is 23.5 Å². The molecular weight excluding hydrogens is 712 g/mol. The zero-order valence-electron chi connectivity index (χ0n) is 34.5. The van der Waals surface area contributed by atoms with Gasteiger partial charge in [-0.3, -0.25) is 33.6 Å². The molecule has 15 heteroatoms. The number of nitrogens with two attached hydrogens (primary N) is 1. The largest absolute Gasteiger partial charge is 0.460 e. The Balaban J connectivity index is 2.22. The first kappa shape index (κ1) is 47.3. The number of likely N-dealkylation sites (tertiary alicyclic amines) is 1. The highest BCUT2D eigenvalue weighted by molar-refractivity contribution is 6.38. The normalized spacial score (nSPS) is 19.6. The number of hydrogen-bond acceptors (Lipinski definition) is 11. The highest BCUT2D eigenvalue weighted by Gasteiger charge is 2.46. The molecule has 5 atom stereocenters. The van der Waals surface area contributed by atoms with Gasteiger partial charge in [-0.15, -0.1) is 0 Å². The fraction of sp³-hybridized carbons (Fsp3) is 0.800. The third-order valence-corrected chi connectivity index (χ3v) is 9.43. The number of rotatable bonds is 20. The molecule has 0 spiro atoms. The Hall–Kier alpha value is -3.88. The molecule has 15 nitrogen and oxygen atoms in total. The molecule has 2 aliphatic rings. The molecule has 0 aromatic rings. The van der Waals surface area contributed by atoms with Crippen molar-refractivity contribution in [1.82, 2.24) is 15.5 Å². The predicted molar refractivity (Wildman–Crippen MR) is 203 cm³/mol. The quantitative estimate of drug-likeness (QED) is 0.118. The van der Waals surface area contributed by atoms with Crippen LogP contribution in [0.5, 0.6) is 0 Å². The van der Waals surface area contributed by atoms with Crippen molar-refractivity contribution in [3.05, 3.63) is 0 Å². The first-order chi connectivity index (χ1) is 25.5. The van der Waals surface area contributed by atoms with Crippen LogP contribution in [0.1, 0.15) is 139 Å². The van der Waals surface area contributed by atoms with Gasteiger partial charge in [0, 0.05) is 38.1 Å². The number of carbonyl (C=O) groups excluding carboxylic acids is 8. The Kier molecular flexibility index (Phi) is 18.4. The van der Waals surface area contributed by atoms with E-state index in [0.29, 0.717) is 6.42 Å². The van der Waals surface area contributed by atoms with Crippen LogP contribution in [0.3, 0.4) is 0 Å². The van der Waals surface area contributed by atoms with Crippen molar-refractivity contribution in [2.75, 3.05) is 13.2 Å². The molecule has 1 saturated heterocycles. The minimum absolute atomic E-state index is 0.0956. The van der Waals surface area contributed by atoms with Gasteiger partial charge in [-0.05, 0) is 72.6 Å². The van der Waals surface area contributed by atoms with Crippen LogP contribution in [0.15, 0.2) is 0 Å². The van der Waals surface area contributed by atoms with E-state index in [1.54, 1.807) is 20.8 Å². The van der Waals surface area contributed by atoms with Crippen molar-refractivity contribution in [3.8, 4) is 0 Å². The molecule has 1 saturated carbocycles. The molecule has 0 radical (unpaired) electrons. The topological polar surface area (TPSA) is 218 Å². The summed E-state index contributed by atoms with van der Waals surface area (Å²) in [5.74, 6) is -6.01. The van der Waals surface area contributed by atoms with E-state index in [1.807, 2.05) is 41.5 Å². The average molecular weight is 779 g/mol. The summed E-state index contributed by atoms with van der Waals surface area (Å²) >= 11 is 0. The number of hydrogen-bond donors (Lipinski definition) is 3. The second kappa shape index (κ2) is 21.4. The first-order valence-corrected chi connectivity index (χ1v) is 19.8. The second-order valence-electron chi connectivity index (χ2n) is 17.4. The second-order valence-corrected chi connectivity index (χ2v) is 17.4. The monoisotopic (exact) mass is 778 g/mol. The number of nitrogens with one attached hydrogen (secondary N) is 2. The SMILES string of the molecule is CCCC(CC(=O)[C@@H]1C[C@@H](OC(C)(C)C)CN1C(=O)[C@@H](NC(=O)OCC(C)C)C1CCCCC1)C(=O)C(=O)CCC(=O)N[C@H](CC(=O)OC(C)(C)C)C(N)=O. The van der Waals surface area contributed by atoms with Crippen LogP contribution in [-0.4, -0.2) is 101 Å². The van der Waals surface area contributed by atoms with E-state index < -0.39 is 108 Å². The third kappa shape index (κ3) is 16.8. The standard InChI is InChI=1S/C40H66N4O11/c1-10-14-26(35(49)30(45)17-18-32(47)42-28(36(41)50)21-33(48)55-40(7,8)9)19-31(46)29-20-27(54-39(4,5)6)22-44(29)37(51)34(25-15-12-11-13-16-25)43-38(52)53-23-24(2)3/h24-29,34H,10-23H2,1-9H3,(H2,41,50)(H,42,47)(H,43,52)/t26?,27-,28-,29+,34+/m1/s1. The molecule has 312 valence electrons. The van der Waals surface area contributed by atoms with Crippen LogP contribution in [-0.2, 0) is 47.8 Å². The molecule has 4 N–H and O–H groups in total. The van der Waals surface area contributed by atoms with Crippen molar-refractivity contribution in [3.63, 3.8) is 0 Å². The summed E-state index contributed by atoms with van der Waals surface area (Å²) in [6.45, 7) is 16.5. The molecule has 4 amide bonds. The van der Waals surface area contributed by atoms with Crippen LogP contribution in [0.4, 0.5) is 4.79 Å². The van der Waals surface area contributed by atoms with Gasteiger partial charge in [0.15, 0.2) is 11.6 Å². The van der Waals surface area contributed by atoms with Gasteiger partial charge in [0.1, 0.15) is 17.7 Å². The number of carbonyl (C=O) groups is 8. The van der Waals surface area contributed by atoms with Gasteiger partial charge in [-0.25, -0.2) is 4.79 Å². The maximum absolute atomic E-state index is 14.4. The Morgan fingerprint density at radius 2 is 1.49 bits per heavy atom. The molecule has 1 aliphatic carbocycles. The molecule has 2 fully saturated rings. The molecule has 0 aromatic heterocycles. The van der Waals surface area contributed by atoms with E-state index in [0.717, 1.165) is 32.1 Å². The Morgan fingerprint density at radius 3 is 2.04 bits per heavy atom. The molecule has 0 bridgehead atoms. The number of nitrogens with zero attached hydrogens (tertiary/aromatic N) is 1. The van der Waals surface area contributed by atoms with E-state index in [1.165, 1.54) is 4.90 Å². The van der Waals surface area contributed by atoms with Gasteiger partial charge in [-0.2, -0.15) is 0 Å². The van der Waals surface area contributed by atoms with E-state index in [9.17, 15) is 38.4 Å². The van der Waals surface area contributed by atoms with Gasteiger partial charge in [0.2, 0.25) is 23.5 Å². The molecule has 1 heterocycles. The van der Waals surface area contributed by atoms with Crippen LogP contribution in [0.2, 0.25) is 0 Å². The fourth-order valence-electron chi connectivity index (χ4n) is 7.04. The van der Waals surface area contributed by atoms with Gasteiger partial charge in [-0.1, -0.05) is 46.5 Å². The third-order valence-electron chi connectivity index (χ3n) is 9.43. The number of primary amides is 1. The van der Waals surface area contributed by atoms with Crippen molar-refractivity contribution >= 4 is 47.1 Å². The minimum Gasteiger partial charge on any atom is -0.460 e. The lowest BCUT2D eigenvalue weighted by Gasteiger charge is -2.34. The Morgan fingerprint density at radius 1 is 0.855 bits per heavy atom. The summed E-state index contributed by atoms with van der Waals surface area (Å²) in [4.78, 5) is 106. The molecular formula is C40H66N4O11. The Bertz CT molecular complexity index is 1380. The lowest BCUT2D eigenvalue weighted by atomic mass is 9.83. The number of alkyl carbamates (subject to hydrolysis) is 1. The lowest BCUT2D eigenvalue weighted by Crippen LogP contribution is -2.55. The van der Waals surface area contributed by atoms with Crippen molar-refractivity contribution in [1.29, 1.82) is 0 Å². The average Bonchev–Trinajstić information content (AvgIpc) is 3.49. The summed E-state index contributed by atoms with van der Waals surface area (Å²) in [7, 11) is 0. The molecule has 1 aliphatic heterocycles. The van der Waals surface area contributed by atoms with E-state index >= 15 is 0 Å². The zero-order valence-corrected chi connectivity index (χ0v) is 34.5. The highest BCUT2D eigenvalue weighted by atomic mass is 16.6. The number of ketones is 3. The fourth-order valence-corrected chi connectivity index (χ4v) is 7.04. The van der Waals surface area contributed by atoms with Gasteiger partial charge in [0.05, 0.1) is 30.8 Å². The van der Waals surface area contributed by atoms with Crippen LogP contribution in [0.25, 0.3) is 0 Å². The summed E-state index contributed by atoms with van der Waals surface area (Å²) in [6.07, 6.45) is 2.24. The summed E-state index contributed by atoms with van der Waals surface area (Å²) < 4.78 is 16.8. The van der Waals surface area contributed by atoms with E-state index in [2.05, 4.69) is 10.6 Å². The number of esters is 1. The van der Waals surface area contributed by atoms with Crippen LogP contribution in [0, 0.1) is 17.8 Å². The van der Waals surface area contributed by atoms with E-state index in [-0.39, 0.29) is 44.2 Å². The summed E-state index contributed by atoms with van der Waals surface area (Å²) in [5, 5.41) is 5.14. The number of amides is 4. The molecule has 55 heavy (non-hydrogen) atoms. The van der Waals surface area contributed by atoms with Gasteiger partial charge in [0.25, 0.3) is 0 Å². The molecule has 2 rings (SSSR count). The van der Waals surface area contributed by atoms with Crippen molar-refractivity contribution < 1.29 is 52.6 Å². The van der Waals surface area contributed by atoms with Crippen LogP contribution >= 0.6 is 0 Å². The molecule has 0 aromatic carbocycles. The number of Topliss-reactive ketones (excluding diaryl/α,β-unsaturated/α-hetero) is 3. The minimum atomic E-state index is -1.37. The zero-order chi connectivity index (χ0) is 41.7. The van der Waals surface area contributed by atoms with Crippen molar-refractivity contribution in [2.45, 2.75) is 175 Å². The highest BCUT2D eigenvalue weighted by Crippen LogP contribution is 2.32. The van der Waals surface area contributed by atoms with Gasteiger partial charge >= 0.3 is 12.1 Å². The lowest BCUT2D eigenvalue weighted by molar-refractivity contribution is -0.156. The van der Waals surface area contributed by atoms with Crippen LogP contribution < -0.4 is 16.4 Å². The van der Waals surface area contributed by atoms with E-state index in [4.69, 9.17) is 19.9 Å². The summed E-state index contributed by atoms with van der Waals surface area (Å²) in [6, 6.07) is -3.24. The maximum Gasteiger partial charge on any atom is 0.407 e. The first-order valence-electron chi connectivity index (χ1n) is 19.8. The summed E-state index contributed by atoms with van der Waals surface area (Å²) in [5.41, 5.74) is 3.97. The maximum atomic E-state index is 14.4. The number of ether oxygens (including phenoxy) is 3. The smallest absolute Gasteiger partial charge is 0.407 e. The Labute approximate surface area is 326 Å².